The van der Waals surface area contributed by atoms with E-state index in [1.807, 2.05) is 0 Å². The molecule has 0 radical (unpaired) electrons. The van der Waals surface area contributed by atoms with Crippen molar-refractivity contribution in [1.82, 2.24) is 9.88 Å². The lowest BCUT2D eigenvalue weighted by molar-refractivity contribution is 0.0962. The Morgan fingerprint density at radius 2 is 2.31 bits per heavy atom. The Labute approximate surface area is 75.2 Å². The van der Waals surface area contributed by atoms with Gasteiger partial charge >= 0.3 is 0 Å². The molecule has 0 bridgehead atoms. The van der Waals surface area contributed by atoms with Gasteiger partial charge in [0.05, 0.1) is 12.2 Å². The van der Waals surface area contributed by atoms with Crippen LogP contribution in [0.3, 0.4) is 0 Å². The molecule has 0 saturated heterocycles. The average Bonchev–Trinajstić information content (AvgIpc) is 2.17. The number of amides is 1. The number of hydrogen-bond acceptors (Lipinski definition) is 3. The molecule has 13 heavy (non-hydrogen) atoms. The highest BCUT2D eigenvalue weighted by molar-refractivity contribution is 5.93. The van der Waals surface area contributed by atoms with Crippen molar-refractivity contribution < 1.29 is 4.79 Å². The maximum Gasteiger partial charge on any atom is 0.252 e. The third kappa shape index (κ3) is 1.94. The van der Waals surface area contributed by atoms with E-state index in [1.165, 1.54) is 29.9 Å². The van der Waals surface area contributed by atoms with Crippen LogP contribution in [0.4, 0.5) is 0 Å². The fourth-order valence-electron chi connectivity index (χ4n) is 0.953. The van der Waals surface area contributed by atoms with Crippen LogP contribution in [0, 0.1) is 0 Å². The van der Waals surface area contributed by atoms with Crippen LogP contribution >= 0.6 is 0 Å². The summed E-state index contributed by atoms with van der Waals surface area (Å²) in [6.45, 7) is 0.0731. The number of carbonyl (C=O) groups is 1. The summed E-state index contributed by atoms with van der Waals surface area (Å²) in [5.41, 5.74) is 5.50. The highest BCUT2D eigenvalue weighted by Gasteiger charge is 2.03. The van der Waals surface area contributed by atoms with Crippen molar-refractivity contribution in [2.75, 3.05) is 7.05 Å². The number of aromatic nitrogens is 1. The Morgan fingerprint density at radius 3 is 2.85 bits per heavy atom. The van der Waals surface area contributed by atoms with E-state index in [-0.39, 0.29) is 18.1 Å². The molecule has 1 aromatic rings. The molecule has 5 heteroatoms. The van der Waals surface area contributed by atoms with E-state index in [0.29, 0.717) is 5.56 Å². The van der Waals surface area contributed by atoms with Crippen LogP contribution in [0.25, 0.3) is 0 Å². The van der Waals surface area contributed by atoms with Crippen LogP contribution in [-0.2, 0) is 6.67 Å². The maximum atomic E-state index is 11.1. The van der Waals surface area contributed by atoms with Crippen molar-refractivity contribution in [2.45, 2.75) is 6.67 Å². The predicted octanol–water partition coefficient (Wildman–Crippen LogP) is -0.876. The second kappa shape index (κ2) is 3.86. The molecule has 1 amide bonds. The molecule has 70 valence electrons. The zero-order valence-electron chi connectivity index (χ0n) is 7.28. The lowest BCUT2D eigenvalue weighted by atomic mass is 10.2. The van der Waals surface area contributed by atoms with Crippen molar-refractivity contribution >= 4 is 5.91 Å². The van der Waals surface area contributed by atoms with Gasteiger partial charge < -0.3 is 15.6 Å². The van der Waals surface area contributed by atoms with Crippen LogP contribution in [0.1, 0.15) is 10.4 Å². The summed E-state index contributed by atoms with van der Waals surface area (Å²) in [4.78, 5) is 22.2. The van der Waals surface area contributed by atoms with Crippen molar-refractivity contribution in [3.8, 4) is 0 Å². The lowest BCUT2D eigenvalue weighted by Gasteiger charge is -2.03. The van der Waals surface area contributed by atoms with Gasteiger partial charge in [0.15, 0.2) is 0 Å². The summed E-state index contributed by atoms with van der Waals surface area (Å²) >= 11 is 0. The highest BCUT2D eigenvalue weighted by atomic mass is 16.1. The first-order chi connectivity index (χ1) is 6.19. The number of carbonyl (C=O) groups excluding carboxylic acids is 1. The predicted molar refractivity (Wildman–Crippen MR) is 48.3 cm³/mol. The van der Waals surface area contributed by atoms with Crippen molar-refractivity contribution in [3.63, 3.8) is 0 Å². The van der Waals surface area contributed by atoms with Gasteiger partial charge in [0, 0.05) is 19.3 Å². The number of rotatable bonds is 2. The molecule has 0 atom stereocenters. The number of pyridine rings is 1. The van der Waals surface area contributed by atoms with Crippen LogP contribution < -0.4 is 16.6 Å². The van der Waals surface area contributed by atoms with E-state index in [9.17, 15) is 9.59 Å². The Kier molecular flexibility index (Phi) is 2.81. The van der Waals surface area contributed by atoms with Gasteiger partial charge in [0.1, 0.15) is 0 Å². The normalized spacial score (nSPS) is 9.69. The molecule has 0 aliphatic rings. The topological polar surface area (TPSA) is 77.1 Å². The van der Waals surface area contributed by atoms with E-state index < -0.39 is 0 Å². The molecule has 0 aliphatic heterocycles. The fourth-order valence-corrected chi connectivity index (χ4v) is 0.953. The summed E-state index contributed by atoms with van der Waals surface area (Å²) < 4.78 is 1.27. The van der Waals surface area contributed by atoms with Crippen LogP contribution in [0.5, 0.6) is 0 Å². The van der Waals surface area contributed by atoms with Gasteiger partial charge in [-0.1, -0.05) is 0 Å². The molecule has 0 unspecified atom stereocenters. The molecule has 1 aromatic heterocycles. The lowest BCUT2D eigenvalue weighted by Crippen LogP contribution is -2.26. The Bertz CT molecular complexity index is 370. The molecule has 0 fully saturated rings. The SMILES string of the molecule is CNC(=O)c1ccc(=O)n(CN)c1. The van der Waals surface area contributed by atoms with Crippen LogP contribution in [0.2, 0.25) is 0 Å². The first-order valence-electron chi connectivity index (χ1n) is 3.81. The first kappa shape index (κ1) is 9.47. The summed E-state index contributed by atoms with van der Waals surface area (Å²) in [6, 6.07) is 2.78. The zero-order valence-corrected chi connectivity index (χ0v) is 7.28. The molecular weight excluding hydrogens is 170 g/mol. The van der Waals surface area contributed by atoms with Crippen molar-refractivity contribution in [2.24, 2.45) is 5.73 Å². The molecule has 1 rings (SSSR count). The Balaban J connectivity index is 3.13. The first-order valence-corrected chi connectivity index (χ1v) is 3.81. The minimum atomic E-state index is -0.234. The smallest absolute Gasteiger partial charge is 0.252 e. The van der Waals surface area contributed by atoms with Gasteiger partial charge in [0.25, 0.3) is 11.5 Å². The highest BCUT2D eigenvalue weighted by Crippen LogP contribution is 1.94. The summed E-state index contributed by atoms with van der Waals surface area (Å²) in [6.07, 6.45) is 1.43. The summed E-state index contributed by atoms with van der Waals surface area (Å²) in [5, 5.41) is 2.46. The molecule has 3 N–H and O–H groups in total. The molecule has 0 aliphatic carbocycles. The van der Waals surface area contributed by atoms with Gasteiger partial charge in [-0.05, 0) is 6.07 Å². The van der Waals surface area contributed by atoms with Crippen LogP contribution in [0.15, 0.2) is 23.1 Å². The summed E-state index contributed by atoms with van der Waals surface area (Å²) in [5.74, 6) is -0.234. The number of hydrogen-bond donors (Lipinski definition) is 2. The molecule has 0 saturated carbocycles. The number of nitrogens with one attached hydrogen (secondary N) is 1. The third-order valence-electron chi connectivity index (χ3n) is 1.67. The molecule has 0 aromatic carbocycles. The van der Waals surface area contributed by atoms with E-state index in [4.69, 9.17) is 5.73 Å². The second-order valence-corrected chi connectivity index (χ2v) is 2.49. The van der Waals surface area contributed by atoms with E-state index in [2.05, 4.69) is 5.32 Å². The van der Waals surface area contributed by atoms with E-state index >= 15 is 0 Å². The number of nitrogens with zero attached hydrogens (tertiary/aromatic N) is 1. The molecular formula is C8H11N3O2. The van der Waals surface area contributed by atoms with Crippen molar-refractivity contribution in [3.05, 3.63) is 34.2 Å². The summed E-state index contributed by atoms with van der Waals surface area (Å²) in [7, 11) is 1.53. The number of nitrogens with two attached hydrogens (primary N) is 1. The Hall–Kier alpha value is -1.62. The minimum absolute atomic E-state index is 0.0731. The molecule has 1 heterocycles. The standard InChI is InChI=1S/C8H11N3O2/c1-10-8(13)6-2-3-7(12)11(4-6)5-9/h2-4H,5,9H2,1H3,(H,10,13). The third-order valence-corrected chi connectivity index (χ3v) is 1.67. The maximum absolute atomic E-state index is 11.1. The monoisotopic (exact) mass is 181 g/mol. The average molecular weight is 181 g/mol. The van der Waals surface area contributed by atoms with Gasteiger partial charge in [-0.2, -0.15) is 0 Å². The zero-order chi connectivity index (χ0) is 9.84. The largest absolute Gasteiger partial charge is 0.355 e. The van der Waals surface area contributed by atoms with Gasteiger partial charge in [-0.3, -0.25) is 9.59 Å². The molecule has 0 spiro atoms. The fraction of sp³-hybridized carbons (Fsp3) is 0.250. The second-order valence-electron chi connectivity index (χ2n) is 2.49. The minimum Gasteiger partial charge on any atom is -0.355 e. The van der Waals surface area contributed by atoms with Crippen LogP contribution in [-0.4, -0.2) is 17.5 Å². The van der Waals surface area contributed by atoms with E-state index in [1.54, 1.807) is 0 Å². The van der Waals surface area contributed by atoms with Gasteiger partial charge in [0.2, 0.25) is 0 Å². The molecule has 5 nitrogen and oxygen atoms in total. The Morgan fingerprint density at radius 1 is 1.62 bits per heavy atom. The van der Waals surface area contributed by atoms with Crippen molar-refractivity contribution in [1.29, 1.82) is 0 Å². The van der Waals surface area contributed by atoms with Gasteiger partial charge in [-0.15, -0.1) is 0 Å². The quantitative estimate of drug-likeness (QED) is 0.622. The van der Waals surface area contributed by atoms with E-state index in [0.717, 1.165) is 0 Å². The van der Waals surface area contributed by atoms with Gasteiger partial charge in [-0.25, -0.2) is 0 Å².